The van der Waals surface area contributed by atoms with Crippen molar-refractivity contribution in [2.75, 3.05) is 16.8 Å². The number of nitrogens with two attached hydrogens (primary N) is 2. The molecule has 0 fully saturated rings. The topological polar surface area (TPSA) is 77.0 Å². The number of benzene rings is 1. The average molecular weight is 314 g/mol. The molecule has 5 N–H and O–H groups in total. The van der Waals surface area contributed by atoms with Gasteiger partial charge in [-0.25, -0.2) is 4.98 Å². The fourth-order valence-corrected chi connectivity index (χ4v) is 1.70. The second kappa shape index (κ2) is 4.81. The zero-order valence-electron chi connectivity index (χ0n) is 8.74. The molecule has 0 unspecified atom stereocenters. The van der Waals surface area contributed by atoms with E-state index in [0.717, 1.165) is 10.2 Å². The second-order valence-corrected chi connectivity index (χ2v) is 4.69. The Morgan fingerprint density at radius 2 is 1.94 bits per heavy atom. The van der Waals surface area contributed by atoms with Crippen LogP contribution in [0.1, 0.15) is 0 Å². The quantitative estimate of drug-likeness (QED) is 0.794. The summed E-state index contributed by atoms with van der Waals surface area (Å²) < 4.78 is 0.842. The standard InChI is InChI=1S/C11H10BrClN4/c12-7-2-1-6(5-8(7)13)16-10-4-3-9(14)11(15)17-10/h1-5H,14H2,(H3,15,16,17). The average Bonchev–Trinajstić information content (AvgIpc) is 2.29. The first kappa shape index (κ1) is 12.0. The molecule has 0 spiro atoms. The number of aromatic nitrogens is 1. The highest BCUT2D eigenvalue weighted by atomic mass is 79.9. The van der Waals surface area contributed by atoms with Crippen LogP contribution >= 0.6 is 27.5 Å². The van der Waals surface area contributed by atoms with Crippen molar-refractivity contribution in [1.29, 1.82) is 0 Å². The lowest BCUT2D eigenvalue weighted by Gasteiger charge is -2.08. The molecule has 0 radical (unpaired) electrons. The zero-order valence-corrected chi connectivity index (χ0v) is 11.1. The number of rotatable bonds is 2. The minimum atomic E-state index is 0.304. The molecule has 0 aliphatic carbocycles. The molecule has 4 nitrogen and oxygen atoms in total. The minimum Gasteiger partial charge on any atom is -0.396 e. The SMILES string of the molecule is Nc1ccc(Nc2ccc(Br)c(Cl)c2)nc1N. The normalized spacial score (nSPS) is 10.2. The molecule has 17 heavy (non-hydrogen) atoms. The Morgan fingerprint density at radius 1 is 1.18 bits per heavy atom. The third kappa shape index (κ3) is 2.81. The minimum absolute atomic E-state index is 0.304. The van der Waals surface area contributed by atoms with Crippen molar-refractivity contribution in [2.24, 2.45) is 0 Å². The highest BCUT2D eigenvalue weighted by Gasteiger charge is 2.02. The van der Waals surface area contributed by atoms with E-state index in [1.807, 2.05) is 12.1 Å². The summed E-state index contributed by atoms with van der Waals surface area (Å²) in [7, 11) is 0. The van der Waals surface area contributed by atoms with Gasteiger partial charge in [0.2, 0.25) is 0 Å². The van der Waals surface area contributed by atoms with Gasteiger partial charge in [0, 0.05) is 10.2 Å². The van der Waals surface area contributed by atoms with E-state index in [2.05, 4.69) is 26.2 Å². The van der Waals surface area contributed by atoms with Crippen molar-refractivity contribution in [3.05, 3.63) is 39.8 Å². The maximum absolute atomic E-state index is 5.98. The van der Waals surface area contributed by atoms with Gasteiger partial charge in [-0.3, -0.25) is 0 Å². The number of nitrogens with zero attached hydrogens (tertiary/aromatic N) is 1. The van der Waals surface area contributed by atoms with Crippen LogP contribution in [-0.4, -0.2) is 4.98 Å². The highest BCUT2D eigenvalue weighted by Crippen LogP contribution is 2.27. The van der Waals surface area contributed by atoms with E-state index >= 15 is 0 Å². The molecule has 2 aromatic rings. The highest BCUT2D eigenvalue weighted by molar-refractivity contribution is 9.10. The van der Waals surface area contributed by atoms with Crippen molar-refractivity contribution >= 4 is 50.5 Å². The van der Waals surface area contributed by atoms with Gasteiger partial charge >= 0.3 is 0 Å². The Bertz CT molecular complexity index is 510. The van der Waals surface area contributed by atoms with Crippen LogP contribution in [0.25, 0.3) is 0 Å². The number of nitrogens with one attached hydrogen (secondary N) is 1. The van der Waals surface area contributed by atoms with Crippen molar-refractivity contribution in [3.8, 4) is 0 Å². The summed E-state index contributed by atoms with van der Waals surface area (Å²) in [6.45, 7) is 0. The van der Waals surface area contributed by atoms with Gasteiger partial charge in [0.25, 0.3) is 0 Å². The molecule has 0 aliphatic heterocycles. The summed E-state index contributed by atoms with van der Waals surface area (Å²) in [6.07, 6.45) is 0. The first-order valence-corrected chi connectivity index (χ1v) is 5.97. The molecule has 0 aliphatic rings. The lowest BCUT2D eigenvalue weighted by Crippen LogP contribution is -2.01. The molecule has 88 valence electrons. The molecule has 1 aromatic heterocycles. The molecule has 0 atom stereocenters. The molecule has 2 rings (SSSR count). The molecule has 6 heteroatoms. The predicted octanol–water partition coefficient (Wildman–Crippen LogP) is 3.41. The lowest BCUT2D eigenvalue weighted by molar-refractivity contribution is 1.32. The van der Waals surface area contributed by atoms with E-state index in [1.165, 1.54) is 0 Å². The zero-order chi connectivity index (χ0) is 12.4. The van der Waals surface area contributed by atoms with Gasteiger partial charge in [0.15, 0.2) is 0 Å². The summed E-state index contributed by atoms with van der Waals surface area (Å²) in [5, 5.41) is 3.71. The predicted molar refractivity (Wildman–Crippen MR) is 75.5 cm³/mol. The van der Waals surface area contributed by atoms with Crippen LogP contribution in [0.5, 0.6) is 0 Å². The fraction of sp³-hybridized carbons (Fsp3) is 0. The number of halogens is 2. The van der Waals surface area contributed by atoms with Gasteiger partial charge in [-0.05, 0) is 46.3 Å². The molecule has 0 bridgehead atoms. The Labute approximate surface area is 112 Å². The summed E-state index contributed by atoms with van der Waals surface area (Å²) in [5.41, 5.74) is 12.5. The van der Waals surface area contributed by atoms with Crippen molar-refractivity contribution in [3.63, 3.8) is 0 Å². The van der Waals surface area contributed by atoms with Gasteiger partial charge in [0.05, 0.1) is 10.7 Å². The number of hydrogen-bond donors (Lipinski definition) is 3. The number of hydrogen-bond acceptors (Lipinski definition) is 4. The molecule has 1 heterocycles. The van der Waals surface area contributed by atoms with Crippen LogP contribution in [0.2, 0.25) is 5.02 Å². The number of anilines is 4. The molecule has 1 aromatic carbocycles. The monoisotopic (exact) mass is 312 g/mol. The second-order valence-electron chi connectivity index (χ2n) is 3.42. The van der Waals surface area contributed by atoms with Crippen LogP contribution in [0.4, 0.5) is 23.0 Å². The van der Waals surface area contributed by atoms with Crippen LogP contribution in [0, 0.1) is 0 Å². The van der Waals surface area contributed by atoms with Crippen LogP contribution < -0.4 is 16.8 Å². The molecule has 0 amide bonds. The molecular formula is C11H10BrClN4. The van der Waals surface area contributed by atoms with Gasteiger partial charge < -0.3 is 16.8 Å². The Hall–Kier alpha value is -1.46. The third-order valence-electron chi connectivity index (χ3n) is 2.15. The van der Waals surface area contributed by atoms with E-state index < -0.39 is 0 Å². The smallest absolute Gasteiger partial charge is 0.149 e. The maximum Gasteiger partial charge on any atom is 0.149 e. The van der Waals surface area contributed by atoms with E-state index in [0.29, 0.717) is 22.3 Å². The van der Waals surface area contributed by atoms with E-state index in [1.54, 1.807) is 18.2 Å². The fourth-order valence-electron chi connectivity index (χ4n) is 1.28. The summed E-state index contributed by atoms with van der Waals surface area (Å²) >= 11 is 9.31. The molecule has 0 saturated heterocycles. The van der Waals surface area contributed by atoms with Crippen molar-refractivity contribution in [2.45, 2.75) is 0 Å². The van der Waals surface area contributed by atoms with E-state index in [4.69, 9.17) is 23.1 Å². The Balaban J connectivity index is 2.25. The first-order valence-electron chi connectivity index (χ1n) is 4.80. The van der Waals surface area contributed by atoms with Gasteiger partial charge in [-0.1, -0.05) is 11.6 Å². The summed E-state index contributed by atoms with van der Waals surface area (Å²) in [6, 6.07) is 8.97. The van der Waals surface area contributed by atoms with Crippen molar-refractivity contribution < 1.29 is 0 Å². The van der Waals surface area contributed by atoms with Crippen molar-refractivity contribution in [1.82, 2.24) is 4.98 Å². The summed E-state index contributed by atoms with van der Waals surface area (Å²) in [4.78, 5) is 4.11. The molecular weight excluding hydrogens is 304 g/mol. The maximum atomic E-state index is 5.98. The van der Waals surface area contributed by atoms with Gasteiger partial charge in [-0.15, -0.1) is 0 Å². The van der Waals surface area contributed by atoms with Crippen LogP contribution in [0.15, 0.2) is 34.8 Å². The van der Waals surface area contributed by atoms with E-state index in [9.17, 15) is 0 Å². The Kier molecular flexibility index (Phi) is 3.40. The number of pyridine rings is 1. The van der Waals surface area contributed by atoms with Gasteiger partial charge in [-0.2, -0.15) is 0 Å². The van der Waals surface area contributed by atoms with Crippen LogP contribution in [-0.2, 0) is 0 Å². The first-order chi connectivity index (χ1) is 8.06. The van der Waals surface area contributed by atoms with E-state index in [-0.39, 0.29) is 0 Å². The lowest BCUT2D eigenvalue weighted by atomic mass is 10.3. The Morgan fingerprint density at radius 3 is 2.59 bits per heavy atom. The largest absolute Gasteiger partial charge is 0.396 e. The number of nitrogen functional groups attached to an aromatic ring is 2. The summed E-state index contributed by atoms with van der Waals surface area (Å²) in [5.74, 6) is 0.924. The molecule has 0 saturated carbocycles. The third-order valence-corrected chi connectivity index (χ3v) is 3.38. The van der Waals surface area contributed by atoms with Gasteiger partial charge in [0.1, 0.15) is 11.6 Å². The van der Waals surface area contributed by atoms with Crippen LogP contribution in [0.3, 0.4) is 0 Å².